The van der Waals surface area contributed by atoms with Gasteiger partial charge in [-0.25, -0.2) is 0 Å². The van der Waals surface area contributed by atoms with Crippen LogP contribution in [0.1, 0.15) is 194 Å². The Balaban J connectivity index is 3.57. The number of hydrogen-bond donors (Lipinski definition) is 0. The highest BCUT2D eigenvalue weighted by Crippen LogP contribution is 2.19. The minimum Gasteiger partial charge on any atom is -0.303 e. The van der Waals surface area contributed by atoms with Crippen LogP contribution in [-0.2, 0) is 0 Å². The maximum Gasteiger partial charge on any atom is 0.00922 e. The fourth-order valence-corrected chi connectivity index (χ4v) is 5.56. The molecule has 0 saturated carbocycles. The zero-order valence-electron chi connectivity index (χ0n) is 24.8. The average molecular weight is 480 g/mol. The monoisotopic (exact) mass is 480 g/mol. The molecule has 0 bridgehead atoms. The molecule has 0 aliphatic rings. The summed E-state index contributed by atoms with van der Waals surface area (Å²) in [6.07, 6.45) is 39.2. The molecule has 0 heterocycles. The van der Waals surface area contributed by atoms with Gasteiger partial charge in [-0.2, -0.15) is 0 Å². The van der Waals surface area contributed by atoms with Crippen molar-refractivity contribution in [2.24, 2.45) is 0 Å². The summed E-state index contributed by atoms with van der Waals surface area (Å²) in [6, 6.07) is 0.840. The van der Waals surface area contributed by atoms with Gasteiger partial charge in [-0.3, -0.25) is 0 Å². The maximum atomic E-state index is 2.67. The molecule has 1 unspecified atom stereocenters. The summed E-state index contributed by atoms with van der Waals surface area (Å²) in [5.74, 6) is 0. The molecule has 1 heteroatoms. The van der Waals surface area contributed by atoms with Crippen LogP contribution in [0.15, 0.2) is 0 Å². The van der Waals surface area contributed by atoms with Crippen LogP contribution >= 0.6 is 0 Å². The van der Waals surface area contributed by atoms with Crippen LogP contribution in [0.25, 0.3) is 0 Å². The van der Waals surface area contributed by atoms with E-state index in [-0.39, 0.29) is 0 Å². The van der Waals surface area contributed by atoms with Crippen LogP contribution in [0.2, 0.25) is 0 Å². The number of hydrogen-bond acceptors (Lipinski definition) is 1. The molecule has 0 aromatic heterocycles. The first kappa shape index (κ1) is 34.0. The van der Waals surface area contributed by atoms with E-state index in [0.717, 1.165) is 6.04 Å². The highest BCUT2D eigenvalue weighted by molar-refractivity contribution is 4.69. The molecule has 0 aromatic rings. The van der Waals surface area contributed by atoms with Crippen molar-refractivity contribution in [1.82, 2.24) is 4.90 Å². The van der Waals surface area contributed by atoms with Crippen LogP contribution in [-0.4, -0.2) is 24.5 Å². The van der Waals surface area contributed by atoms with Crippen molar-refractivity contribution in [3.63, 3.8) is 0 Å². The van der Waals surface area contributed by atoms with Crippen molar-refractivity contribution >= 4 is 0 Å². The molecule has 0 rings (SSSR count). The molecule has 0 N–H and O–H groups in total. The third-order valence-corrected chi connectivity index (χ3v) is 7.98. The summed E-state index contributed by atoms with van der Waals surface area (Å²) in [7, 11) is 2.38. The van der Waals surface area contributed by atoms with Crippen molar-refractivity contribution in [2.75, 3.05) is 13.6 Å². The lowest BCUT2D eigenvalue weighted by atomic mass is 9.98. The fourth-order valence-electron chi connectivity index (χ4n) is 5.56. The van der Waals surface area contributed by atoms with Gasteiger partial charge in [-0.15, -0.1) is 0 Å². The van der Waals surface area contributed by atoms with E-state index in [1.54, 1.807) is 0 Å². The summed E-state index contributed by atoms with van der Waals surface area (Å²) in [5.41, 5.74) is 0. The predicted octanol–water partition coefficient (Wildman–Crippen LogP) is 11.9. The lowest BCUT2D eigenvalue weighted by molar-refractivity contribution is 0.210. The third-order valence-electron chi connectivity index (χ3n) is 7.98. The average Bonchev–Trinajstić information content (AvgIpc) is 2.84. The van der Waals surface area contributed by atoms with Crippen LogP contribution < -0.4 is 0 Å². The van der Waals surface area contributed by atoms with E-state index >= 15 is 0 Å². The minimum atomic E-state index is 0.840. The molecule has 1 nitrogen and oxygen atoms in total. The summed E-state index contributed by atoms with van der Waals surface area (Å²) in [4.78, 5) is 2.67. The lowest BCUT2D eigenvalue weighted by Crippen LogP contribution is -2.32. The minimum absolute atomic E-state index is 0.840. The van der Waals surface area contributed by atoms with E-state index in [1.165, 1.54) is 180 Å². The first-order chi connectivity index (χ1) is 16.8. The Kier molecular flexibility index (Phi) is 29.2. The second-order valence-corrected chi connectivity index (χ2v) is 11.5. The van der Waals surface area contributed by atoms with Crippen LogP contribution in [0.5, 0.6) is 0 Å². The Morgan fingerprint density at radius 3 is 0.882 bits per heavy atom. The van der Waals surface area contributed by atoms with Gasteiger partial charge in [0.2, 0.25) is 0 Å². The smallest absolute Gasteiger partial charge is 0.00922 e. The molecule has 0 amide bonds. The van der Waals surface area contributed by atoms with Crippen LogP contribution in [0.4, 0.5) is 0 Å². The van der Waals surface area contributed by atoms with Gasteiger partial charge in [0.15, 0.2) is 0 Å². The maximum absolute atomic E-state index is 2.67. The Labute approximate surface area is 218 Å². The normalized spacial score (nSPS) is 12.6. The highest BCUT2D eigenvalue weighted by Gasteiger charge is 2.13. The molecule has 0 fully saturated rings. The Morgan fingerprint density at radius 1 is 0.353 bits per heavy atom. The summed E-state index contributed by atoms with van der Waals surface area (Å²) >= 11 is 0. The Morgan fingerprint density at radius 2 is 0.618 bits per heavy atom. The van der Waals surface area contributed by atoms with E-state index < -0.39 is 0 Å². The largest absolute Gasteiger partial charge is 0.303 e. The van der Waals surface area contributed by atoms with E-state index in [0.29, 0.717) is 0 Å². The summed E-state index contributed by atoms with van der Waals surface area (Å²) in [5, 5.41) is 0. The van der Waals surface area contributed by atoms with Gasteiger partial charge in [-0.05, 0) is 32.9 Å². The predicted molar refractivity (Wildman–Crippen MR) is 158 cm³/mol. The SMILES string of the molecule is CCCCCCCCCCCCCCCCCCC(CCCCCCCCCC)N(C)CCC. The van der Waals surface area contributed by atoms with Gasteiger partial charge in [0.25, 0.3) is 0 Å². The first-order valence-corrected chi connectivity index (χ1v) is 16.5. The standard InChI is InChI=1S/C33H69N/c1-5-8-10-12-14-16-17-18-19-20-21-22-23-25-27-29-31-33(34(4)32-7-3)30-28-26-24-15-13-11-9-6-2/h33H,5-32H2,1-4H3. The molecule has 0 aliphatic heterocycles. The molecule has 34 heavy (non-hydrogen) atoms. The molecule has 0 aromatic carbocycles. The van der Waals surface area contributed by atoms with E-state index in [9.17, 15) is 0 Å². The second-order valence-electron chi connectivity index (χ2n) is 11.5. The van der Waals surface area contributed by atoms with Crippen molar-refractivity contribution < 1.29 is 0 Å². The number of rotatable bonds is 29. The number of unbranched alkanes of at least 4 members (excludes halogenated alkanes) is 22. The molecule has 0 radical (unpaired) electrons. The van der Waals surface area contributed by atoms with Gasteiger partial charge >= 0.3 is 0 Å². The van der Waals surface area contributed by atoms with Crippen molar-refractivity contribution in [3.8, 4) is 0 Å². The van der Waals surface area contributed by atoms with Crippen molar-refractivity contribution in [1.29, 1.82) is 0 Å². The second kappa shape index (κ2) is 29.2. The molecule has 0 saturated heterocycles. The highest BCUT2D eigenvalue weighted by atomic mass is 15.1. The van der Waals surface area contributed by atoms with E-state index in [4.69, 9.17) is 0 Å². The van der Waals surface area contributed by atoms with Gasteiger partial charge < -0.3 is 4.90 Å². The van der Waals surface area contributed by atoms with Crippen molar-refractivity contribution in [2.45, 2.75) is 200 Å². The molecule has 0 spiro atoms. The molecule has 206 valence electrons. The molecular weight excluding hydrogens is 410 g/mol. The van der Waals surface area contributed by atoms with Crippen molar-refractivity contribution in [3.05, 3.63) is 0 Å². The van der Waals surface area contributed by atoms with E-state index in [2.05, 4.69) is 32.7 Å². The Hall–Kier alpha value is -0.0400. The topological polar surface area (TPSA) is 3.24 Å². The summed E-state index contributed by atoms with van der Waals surface area (Å²) in [6.45, 7) is 8.23. The van der Waals surface area contributed by atoms with Gasteiger partial charge in [0, 0.05) is 6.04 Å². The van der Waals surface area contributed by atoms with Gasteiger partial charge in [-0.1, -0.05) is 175 Å². The lowest BCUT2D eigenvalue weighted by Gasteiger charge is -2.28. The van der Waals surface area contributed by atoms with E-state index in [1.807, 2.05) is 0 Å². The fraction of sp³-hybridized carbons (Fsp3) is 1.00. The van der Waals surface area contributed by atoms with Gasteiger partial charge in [0.1, 0.15) is 0 Å². The molecular formula is C33H69N. The first-order valence-electron chi connectivity index (χ1n) is 16.5. The van der Waals surface area contributed by atoms with Crippen LogP contribution in [0.3, 0.4) is 0 Å². The third kappa shape index (κ3) is 25.1. The molecule has 0 aliphatic carbocycles. The van der Waals surface area contributed by atoms with Gasteiger partial charge in [0.05, 0.1) is 0 Å². The zero-order valence-corrected chi connectivity index (χ0v) is 24.8. The Bertz CT molecular complexity index is 352. The quantitative estimate of drug-likeness (QED) is 0.0964. The number of nitrogens with zero attached hydrogens (tertiary/aromatic N) is 1. The van der Waals surface area contributed by atoms with Crippen LogP contribution in [0, 0.1) is 0 Å². The zero-order chi connectivity index (χ0) is 25.0. The molecule has 1 atom stereocenters. The summed E-state index contributed by atoms with van der Waals surface area (Å²) < 4.78 is 0.